The summed E-state index contributed by atoms with van der Waals surface area (Å²) in [6.07, 6.45) is 0. The molecule has 0 saturated heterocycles. The predicted octanol–water partition coefficient (Wildman–Crippen LogP) is 7.04. The number of nitrogens with zero attached hydrogens (tertiary/aromatic N) is 1. The first kappa shape index (κ1) is 22.7. The van der Waals surface area contributed by atoms with E-state index in [1.807, 2.05) is 24.3 Å². The number of aromatic nitrogens is 2. The molecule has 35 heavy (non-hydrogen) atoms. The molecule has 5 rings (SSSR count). The van der Waals surface area contributed by atoms with Crippen LogP contribution < -0.4 is 10.6 Å². The van der Waals surface area contributed by atoms with E-state index in [-0.39, 0.29) is 11.8 Å². The maximum Gasteiger partial charge on any atom is 0.257 e. The van der Waals surface area contributed by atoms with Crippen molar-refractivity contribution in [3.63, 3.8) is 0 Å². The summed E-state index contributed by atoms with van der Waals surface area (Å²) in [5.41, 5.74) is 4.45. The number of fused-ring (bicyclic) bond motifs is 1. The predicted molar refractivity (Wildman–Crippen MR) is 140 cm³/mol. The number of carbonyl (C=O) groups excluding carboxylic acids is 2. The van der Waals surface area contributed by atoms with E-state index in [4.69, 9.17) is 23.2 Å². The highest BCUT2D eigenvalue weighted by molar-refractivity contribution is 6.34. The normalized spacial score (nSPS) is 10.8. The first-order chi connectivity index (χ1) is 17.0. The molecule has 0 fully saturated rings. The van der Waals surface area contributed by atoms with Gasteiger partial charge in [-0.25, -0.2) is 4.98 Å². The second kappa shape index (κ2) is 9.62. The minimum Gasteiger partial charge on any atom is -0.338 e. The lowest BCUT2D eigenvalue weighted by molar-refractivity contribution is 0.101. The van der Waals surface area contributed by atoms with E-state index in [1.165, 1.54) is 0 Å². The molecule has 0 atom stereocenters. The molecule has 0 unspecified atom stereocenters. The lowest BCUT2D eigenvalue weighted by Crippen LogP contribution is -2.12. The van der Waals surface area contributed by atoms with Gasteiger partial charge < -0.3 is 15.6 Å². The topological polar surface area (TPSA) is 86.9 Å². The van der Waals surface area contributed by atoms with Crippen LogP contribution >= 0.6 is 23.2 Å². The molecule has 4 aromatic carbocycles. The second-order valence-electron chi connectivity index (χ2n) is 7.76. The summed E-state index contributed by atoms with van der Waals surface area (Å²) in [6, 6.07) is 26.5. The van der Waals surface area contributed by atoms with Crippen LogP contribution in [0.2, 0.25) is 10.0 Å². The van der Waals surface area contributed by atoms with Crippen LogP contribution in [0.15, 0.2) is 91.0 Å². The molecule has 2 amide bonds. The van der Waals surface area contributed by atoms with E-state index in [9.17, 15) is 9.59 Å². The maximum atomic E-state index is 12.6. The fraction of sp³-hybridized carbons (Fsp3) is 0. The van der Waals surface area contributed by atoms with Crippen molar-refractivity contribution in [3.8, 4) is 11.4 Å². The lowest BCUT2D eigenvalue weighted by atomic mass is 10.1. The van der Waals surface area contributed by atoms with Crippen molar-refractivity contribution in [1.82, 2.24) is 9.97 Å². The molecule has 6 nitrogen and oxygen atoms in total. The molecule has 0 aliphatic carbocycles. The first-order valence-electron chi connectivity index (χ1n) is 10.7. The Morgan fingerprint density at radius 3 is 1.83 bits per heavy atom. The SMILES string of the molecule is O=C(Nc1ccc(-c2nc3ccc(NC(=O)c4ccccc4Cl)cc3[nH]2)cc1)c1ccccc1Cl. The van der Waals surface area contributed by atoms with Crippen molar-refractivity contribution in [2.45, 2.75) is 0 Å². The number of halogens is 2. The zero-order valence-electron chi connectivity index (χ0n) is 18.2. The van der Waals surface area contributed by atoms with E-state index in [2.05, 4.69) is 20.6 Å². The number of hydrogen-bond acceptors (Lipinski definition) is 3. The highest BCUT2D eigenvalue weighted by atomic mass is 35.5. The second-order valence-corrected chi connectivity index (χ2v) is 8.58. The van der Waals surface area contributed by atoms with Crippen LogP contribution in [0.1, 0.15) is 20.7 Å². The standard InChI is InChI=1S/C27H18Cl2N4O2/c28-21-7-3-1-5-19(21)26(34)30-17-11-9-16(10-12-17)25-32-23-14-13-18(15-24(23)33-25)31-27(35)20-6-2-4-8-22(20)29/h1-15H,(H,30,34)(H,31,35)(H,32,33). The van der Waals surface area contributed by atoms with Gasteiger partial charge in [0.1, 0.15) is 5.82 Å². The number of H-pyrrole nitrogens is 1. The van der Waals surface area contributed by atoms with Gasteiger partial charge in [-0.05, 0) is 66.7 Å². The van der Waals surface area contributed by atoms with Crippen molar-refractivity contribution in [3.05, 3.63) is 112 Å². The summed E-state index contributed by atoms with van der Waals surface area (Å²) in [6.45, 7) is 0. The van der Waals surface area contributed by atoms with Crippen molar-refractivity contribution in [2.24, 2.45) is 0 Å². The van der Waals surface area contributed by atoms with Gasteiger partial charge in [-0.3, -0.25) is 9.59 Å². The van der Waals surface area contributed by atoms with Gasteiger partial charge in [0.15, 0.2) is 0 Å². The fourth-order valence-corrected chi connectivity index (χ4v) is 4.07. The Hall–Kier alpha value is -4.13. The Bertz CT molecular complexity index is 1560. The van der Waals surface area contributed by atoms with Crippen LogP contribution in [0.4, 0.5) is 11.4 Å². The van der Waals surface area contributed by atoms with Crippen molar-refractivity contribution < 1.29 is 9.59 Å². The molecule has 0 saturated carbocycles. The van der Waals surface area contributed by atoms with Crippen LogP contribution in [-0.4, -0.2) is 21.8 Å². The van der Waals surface area contributed by atoms with Gasteiger partial charge in [-0.15, -0.1) is 0 Å². The van der Waals surface area contributed by atoms with Gasteiger partial charge in [0, 0.05) is 16.9 Å². The van der Waals surface area contributed by atoms with Crippen molar-refractivity contribution in [2.75, 3.05) is 10.6 Å². The molecule has 3 N–H and O–H groups in total. The van der Waals surface area contributed by atoms with E-state index in [0.29, 0.717) is 38.4 Å². The van der Waals surface area contributed by atoms with E-state index in [0.717, 1.165) is 16.6 Å². The Labute approximate surface area is 210 Å². The van der Waals surface area contributed by atoms with Crippen molar-refractivity contribution >= 4 is 57.4 Å². The number of imidazole rings is 1. The molecular weight excluding hydrogens is 483 g/mol. The highest BCUT2D eigenvalue weighted by Gasteiger charge is 2.13. The maximum absolute atomic E-state index is 12.6. The van der Waals surface area contributed by atoms with Crippen LogP contribution in [-0.2, 0) is 0 Å². The Morgan fingerprint density at radius 1 is 0.686 bits per heavy atom. The average Bonchev–Trinajstić information content (AvgIpc) is 3.28. The minimum atomic E-state index is -0.288. The Morgan fingerprint density at radius 2 is 1.23 bits per heavy atom. The molecule has 8 heteroatoms. The number of carbonyl (C=O) groups is 2. The summed E-state index contributed by atoms with van der Waals surface area (Å²) < 4.78 is 0. The zero-order valence-corrected chi connectivity index (χ0v) is 19.7. The van der Waals surface area contributed by atoms with E-state index in [1.54, 1.807) is 66.7 Å². The summed E-state index contributed by atoms with van der Waals surface area (Å²) in [5, 5.41) is 6.49. The molecule has 0 spiro atoms. The van der Waals surface area contributed by atoms with Crippen molar-refractivity contribution in [1.29, 1.82) is 0 Å². The number of rotatable bonds is 5. The van der Waals surface area contributed by atoms with E-state index >= 15 is 0 Å². The Balaban J connectivity index is 1.32. The quantitative estimate of drug-likeness (QED) is 0.241. The monoisotopic (exact) mass is 500 g/mol. The zero-order chi connectivity index (χ0) is 24.4. The average molecular weight is 501 g/mol. The summed E-state index contributed by atoms with van der Waals surface area (Å²) in [4.78, 5) is 32.9. The number of amides is 2. The lowest BCUT2D eigenvalue weighted by Gasteiger charge is -2.07. The van der Waals surface area contributed by atoms with Crippen LogP contribution in [0.25, 0.3) is 22.4 Å². The molecule has 1 heterocycles. The first-order valence-corrected chi connectivity index (χ1v) is 11.5. The molecule has 172 valence electrons. The fourth-order valence-electron chi connectivity index (χ4n) is 3.62. The number of benzene rings is 4. The number of anilines is 2. The molecule has 0 radical (unpaired) electrons. The van der Waals surface area contributed by atoms with Crippen LogP contribution in [0, 0.1) is 0 Å². The number of hydrogen-bond donors (Lipinski definition) is 3. The summed E-state index contributed by atoms with van der Waals surface area (Å²) in [5.74, 6) is 0.0983. The Kier molecular flexibility index (Phi) is 6.23. The third kappa shape index (κ3) is 4.89. The summed E-state index contributed by atoms with van der Waals surface area (Å²) >= 11 is 12.2. The number of nitrogens with one attached hydrogen (secondary N) is 3. The van der Waals surface area contributed by atoms with Gasteiger partial charge in [-0.2, -0.15) is 0 Å². The van der Waals surface area contributed by atoms with Gasteiger partial charge in [0.2, 0.25) is 0 Å². The van der Waals surface area contributed by atoms with Crippen LogP contribution in [0.5, 0.6) is 0 Å². The largest absolute Gasteiger partial charge is 0.338 e. The number of aromatic amines is 1. The van der Waals surface area contributed by atoms with Gasteiger partial charge in [-0.1, -0.05) is 47.5 Å². The molecule has 5 aromatic rings. The third-order valence-corrected chi connectivity index (χ3v) is 6.05. The molecule has 0 aliphatic heterocycles. The molecule has 0 aliphatic rings. The third-order valence-electron chi connectivity index (χ3n) is 5.39. The van der Waals surface area contributed by atoms with E-state index < -0.39 is 0 Å². The van der Waals surface area contributed by atoms with Gasteiger partial charge >= 0.3 is 0 Å². The van der Waals surface area contributed by atoms with Crippen LogP contribution in [0.3, 0.4) is 0 Å². The smallest absolute Gasteiger partial charge is 0.257 e. The highest BCUT2D eigenvalue weighted by Crippen LogP contribution is 2.25. The molecule has 0 bridgehead atoms. The molecular formula is C27H18Cl2N4O2. The summed E-state index contributed by atoms with van der Waals surface area (Å²) in [7, 11) is 0. The van der Waals surface area contributed by atoms with Gasteiger partial charge in [0.25, 0.3) is 11.8 Å². The minimum absolute atomic E-state index is 0.279. The molecule has 1 aromatic heterocycles. The van der Waals surface area contributed by atoms with Gasteiger partial charge in [0.05, 0.1) is 32.2 Å².